The number of hydrogen-bond acceptors (Lipinski definition) is 5. The molecule has 43 heavy (non-hydrogen) atoms. The molecule has 2 aromatic heterocycles. The smallest absolute Gasteiger partial charge is 0.408 e. The number of nitrogens with one attached hydrogen (secondary N) is 1. The summed E-state index contributed by atoms with van der Waals surface area (Å²) in [7, 11) is 3.28. The van der Waals surface area contributed by atoms with Gasteiger partial charge in [0.25, 0.3) is 0 Å². The number of carbonyl (C=O) groups is 1. The van der Waals surface area contributed by atoms with Crippen molar-refractivity contribution in [3.8, 4) is 16.9 Å². The Morgan fingerprint density at radius 2 is 1.79 bits per heavy atom. The van der Waals surface area contributed by atoms with Gasteiger partial charge in [0.05, 0.1) is 6.20 Å². The average molecular weight is 617 g/mol. The molecule has 3 aromatic rings. The predicted octanol–water partition coefficient (Wildman–Crippen LogP) is 9.73. The number of carbonyl (C=O) groups excluding carboxylic acids is 1. The Kier molecular flexibility index (Phi) is 14.1. The second kappa shape index (κ2) is 17.0. The molecule has 0 spiro atoms. The molecule has 234 valence electrons. The van der Waals surface area contributed by atoms with Crippen LogP contribution in [0.3, 0.4) is 0 Å². The van der Waals surface area contributed by atoms with Crippen LogP contribution in [-0.4, -0.2) is 26.4 Å². The molecule has 3 rings (SSSR count). The molecule has 2 heterocycles. The first-order chi connectivity index (χ1) is 20.3. The molecule has 0 saturated heterocycles. The number of halogens is 3. The van der Waals surface area contributed by atoms with Crippen LogP contribution in [0.4, 0.5) is 24.7 Å². The van der Waals surface area contributed by atoms with Crippen molar-refractivity contribution in [2.75, 3.05) is 5.32 Å². The van der Waals surface area contributed by atoms with Crippen molar-refractivity contribution in [1.29, 1.82) is 0 Å². The predicted molar refractivity (Wildman–Crippen MR) is 173 cm³/mol. The zero-order chi connectivity index (χ0) is 32.2. The van der Waals surface area contributed by atoms with Gasteiger partial charge < -0.3 is 10.1 Å². The van der Waals surface area contributed by atoms with E-state index in [1.165, 1.54) is 26.9 Å². The zero-order valence-corrected chi connectivity index (χ0v) is 27.1. The molecule has 1 aromatic carbocycles. The van der Waals surface area contributed by atoms with Crippen LogP contribution in [0.5, 0.6) is 5.75 Å². The van der Waals surface area contributed by atoms with Gasteiger partial charge in [0.2, 0.25) is 0 Å². The number of pyridine rings is 1. The van der Waals surface area contributed by atoms with E-state index in [4.69, 9.17) is 4.98 Å². The van der Waals surface area contributed by atoms with Gasteiger partial charge in [0, 0.05) is 42.2 Å². The van der Waals surface area contributed by atoms with Gasteiger partial charge in [-0.05, 0) is 82.3 Å². The number of alkyl halides is 2. The Morgan fingerprint density at radius 1 is 1.14 bits per heavy atom. The van der Waals surface area contributed by atoms with Crippen molar-refractivity contribution in [2.24, 2.45) is 18.9 Å². The number of unbranched alkanes of at least 4 members (excludes halogenated alkanes) is 1. The first kappa shape index (κ1) is 35.7. The molecule has 0 saturated carbocycles. The Morgan fingerprint density at radius 3 is 2.26 bits per heavy atom. The van der Waals surface area contributed by atoms with Crippen LogP contribution in [0.25, 0.3) is 16.7 Å². The summed E-state index contributed by atoms with van der Waals surface area (Å²) in [5.41, 5.74) is 5.12. The fraction of sp³-hybridized carbons (Fsp3) is 0.424. The maximum absolute atomic E-state index is 13.2. The molecular weight excluding hydrogens is 572 g/mol. The lowest BCUT2D eigenvalue weighted by Gasteiger charge is -2.23. The summed E-state index contributed by atoms with van der Waals surface area (Å²) in [6.07, 6.45) is 12.7. The standard InChI is InChI=1S/C26H33F2N4OP.C7H11FO/c1-5-8-9-22(18(6-2)7-3)24-23(19-16-30-32(4)17-19)14-15-29-25(24)31-20-10-12-21(13-11-20)33-26(27,28)34;1-4-5(2)7(9)6(3)8/h9-18H,5-8,34H2,1-4H3,(H,29,31);5H,3-4H2,1-2H3/b22-9-;. The fourth-order valence-electron chi connectivity index (χ4n) is 4.50. The number of rotatable bonds is 14. The lowest BCUT2D eigenvalue weighted by molar-refractivity contribution is -0.120. The summed E-state index contributed by atoms with van der Waals surface area (Å²) >= 11 is 0. The molecule has 6 nitrogen and oxygen atoms in total. The van der Waals surface area contributed by atoms with E-state index in [0.29, 0.717) is 12.3 Å². The summed E-state index contributed by atoms with van der Waals surface area (Å²) in [5, 5.41) is 7.78. The van der Waals surface area contributed by atoms with Crippen molar-refractivity contribution in [3.63, 3.8) is 0 Å². The maximum atomic E-state index is 13.2. The van der Waals surface area contributed by atoms with Crippen LogP contribution in [0.15, 0.2) is 67.4 Å². The third-order valence-corrected chi connectivity index (χ3v) is 7.15. The van der Waals surface area contributed by atoms with Gasteiger partial charge in [-0.25, -0.2) is 9.37 Å². The van der Waals surface area contributed by atoms with Crippen molar-refractivity contribution in [2.45, 2.75) is 72.6 Å². The van der Waals surface area contributed by atoms with Gasteiger partial charge in [-0.1, -0.05) is 53.7 Å². The summed E-state index contributed by atoms with van der Waals surface area (Å²) in [6.45, 7) is 13.0. The fourth-order valence-corrected chi connectivity index (χ4v) is 4.64. The zero-order valence-electron chi connectivity index (χ0n) is 26.0. The van der Waals surface area contributed by atoms with Gasteiger partial charge in [-0.15, -0.1) is 0 Å². The average Bonchev–Trinajstić information content (AvgIpc) is 3.41. The minimum absolute atomic E-state index is 0.0865. The van der Waals surface area contributed by atoms with E-state index in [1.54, 1.807) is 29.9 Å². The number of hydrogen-bond donors (Lipinski definition) is 1. The third-order valence-electron chi connectivity index (χ3n) is 7.03. The molecule has 0 aliphatic heterocycles. The number of aromatic nitrogens is 3. The summed E-state index contributed by atoms with van der Waals surface area (Å²) in [5.74, 6) is -3.64. The molecule has 2 atom stereocenters. The van der Waals surface area contributed by atoms with Crippen LogP contribution < -0.4 is 10.1 Å². The highest BCUT2D eigenvalue weighted by Crippen LogP contribution is 2.40. The molecule has 0 amide bonds. The van der Waals surface area contributed by atoms with Crippen LogP contribution in [0.1, 0.15) is 72.3 Å². The van der Waals surface area contributed by atoms with Crippen molar-refractivity contribution >= 4 is 32.1 Å². The van der Waals surface area contributed by atoms with Gasteiger partial charge in [-0.2, -0.15) is 13.9 Å². The van der Waals surface area contributed by atoms with E-state index < -0.39 is 17.5 Å². The molecule has 10 heteroatoms. The number of nitrogens with zero attached hydrogens (tertiary/aromatic N) is 3. The van der Waals surface area contributed by atoms with E-state index in [2.05, 4.69) is 48.6 Å². The number of benzene rings is 1. The molecule has 0 aliphatic rings. The number of anilines is 2. The van der Waals surface area contributed by atoms with Crippen molar-refractivity contribution in [1.82, 2.24) is 14.8 Å². The monoisotopic (exact) mass is 616 g/mol. The quantitative estimate of drug-likeness (QED) is 0.144. The summed E-state index contributed by atoms with van der Waals surface area (Å²) < 4.78 is 44.7. The Balaban J connectivity index is 0.000000621. The van der Waals surface area contributed by atoms with E-state index in [1.807, 2.05) is 32.4 Å². The highest BCUT2D eigenvalue weighted by atomic mass is 31.0. The van der Waals surface area contributed by atoms with E-state index in [-0.39, 0.29) is 11.7 Å². The third kappa shape index (κ3) is 11.0. The second-order valence-corrected chi connectivity index (χ2v) is 11.0. The molecule has 1 N–H and O–H groups in total. The normalized spacial score (nSPS) is 12.4. The number of allylic oxidation sites excluding steroid dienone is 3. The lowest BCUT2D eigenvalue weighted by Crippen LogP contribution is -2.14. The van der Waals surface area contributed by atoms with Gasteiger partial charge in [0.1, 0.15) is 11.6 Å². The van der Waals surface area contributed by atoms with E-state index in [9.17, 15) is 18.0 Å². The maximum Gasteiger partial charge on any atom is 0.408 e. The van der Waals surface area contributed by atoms with Crippen LogP contribution in [0.2, 0.25) is 0 Å². The van der Waals surface area contributed by atoms with Gasteiger partial charge >= 0.3 is 5.85 Å². The van der Waals surface area contributed by atoms with Crippen molar-refractivity contribution in [3.05, 3.63) is 73.0 Å². The first-order valence-electron chi connectivity index (χ1n) is 14.6. The topological polar surface area (TPSA) is 69.0 Å². The first-order valence-corrected chi connectivity index (χ1v) is 15.2. The van der Waals surface area contributed by atoms with Crippen LogP contribution in [-0.2, 0) is 11.8 Å². The minimum atomic E-state index is -3.31. The van der Waals surface area contributed by atoms with Crippen LogP contribution >= 0.6 is 9.24 Å². The SMILES string of the molecule is C=C(F)C(=O)C(C)CC.CCC/C=C(\c1c(-c2cnn(C)c2)ccnc1Nc1ccc(OC(F)(F)P)cc1)C(CC)CC. The molecule has 0 aliphatic carbocycles. The Labute approximate surface area is 256 Å². The second-order valence-electron chi connectivity index (χ2n) is 10.3. The highest BCUT2D eigenvalue weighted by molar-refractivity contribution is 7.17. The van der Waals surface area contributed by atoms with E-state index in [0.717, 1.165) is 53.9 Å². The van der Waals surface area contributed by atoms with Crippen LogP contribution in [0, 0.1) is 11.8 Å². The van der Waals surface area contributed by atoms with Gasteiger partial charge in [0.15, 0.2) is 11.6 Å². The number of ketones is 1. The van der Waals surface area contributed by atoms with Gasteiger partial charge in [-0.3, -0.25) is 9.48 Å². The van der Waals surface area contributed by atoms with E-state index >= 15 is 0 Å². The summed E-state index contributed by atoms with van der Waals surface area (Å²) in [4.78, 5) is 15.3. The Hall–Kier alpha value is -3.45. The molecule has 0 fully saturated rings. The summed E-state index contributed by atoms with van der Waals surface area (Å²) in [6, 6.07) is 8.47. The molecular formula is C33H44F3N4O2P. The lowest BCUT2D eigenvalue weighted by atomic mass is 9.84. The molecule has 0 radical (unpaired) electrons. The number of Topliss-reactive ketones (excluding diaryl/α,β-unsaturated/α-hetero) is 1. The molecule has 0 bridgehead atoms. The molecule has 2 unspecified atom stereocenters. The number of aryl methyl sites for hydroxylation is 1. The highest BCUT2D eigenvalue weighted by Gasteiger charge is 2.24. The Bertz CT molecular complexity index is 1360. The minimum Gasteiger partial charge on any atom is -0.430 e. The van der Waals surface area contributed by atoms with Crippen molar-refractivity contribution < 1.29 is 22.7 Å². The number of ether oxygens (including phenoxy) is 1. The largest absolute Gasteiger partial charge is 0.430 e.